The van der Waals surface area contributed by atoms with Crippen molar-refractivity contribution in [1.82, 2.24) is 24.5 Å². The van der Waals surface area contributed by atoms with E-state index >= 15 is 0 Å². The van der Waals surface area contributed by atoms with Gasteiger partial charge in [0.2, 0.25) is 0 Å². The second-order valence-electron chi connectivity index (χ2n) is 6.44. The Balaban J connectivity index is 1.50. The molecule has 0 N–H and O–H groups in total. The number of aromatic nitrogens is 5. The van der Waals surface area contributed by atoms with Crippen molar-refractivity contribution in [1.29, 1.82) is 0 Å². The number of hydrogen-bond donors (Lipinski definition) is 0. The van der Waals surface area contributed by atoms with Gasteiger partial charge in [-0.15, -0.1) is 0 Å². The minimum absolute atomic E-state index is 0.798. The Morgan fingerprint density at radius 2 is 1.73 bits per heavy atom. The molecule has 0 saturated heterocycles. The van der Waals surface area contributed by atoms with E-state index in [1.807, 2.05) is 24.4 Å². The molecule has 0 saturated carbocycles. The van der Waals surface area contributed by atoms with Crippen LogP contribution < -0.4 is 0 Å². The van der Waals surface area contributed by atoms with Crippen LogP contribution >= 0.6 is 0 Å². The predicted molar refractivity (Wildman–Crippen MR) is 103 cm³/mol. The highest BCUT2D eigenvalue weighted by Gasteiger charge is 2.11. The summed E-state index contributed by atoms with van der Waals surface area (Å²) in [6.45, 7) is 0. The zero-order valence-electron chi connectivity index (χ0n) is 14.4. The first kappa shape index (κ1) is 15.0. The van der Waals surface area contributed by atoms with E-state index in [2.05, 4.69) is 56.9 Å². The van der Waals surface area contributed by atoms with Crippen LogP contribution in [-0.4, -0.2) is 24.5 Å². The van der Waals surface area contributed by atoms with Gasteiger partial charge in [-0.1, -0.05) is 0 Å². The van der Waals surface area contributed by atoms with Crippen LogP contribution in [0.2, 0.25) is 0 Å². The van der Waals surface area contributed by atoms with E-state index in [9.17, 15) is 0 Å². The Kier molecular flexibility index (Phi) is 3.38. The van der Waals surface area contributed by atoms with Crippen LogP contribution in [0.3, 0.4) is 0 Å². The van der Waals surface area contributed by atoms with Gasteiger partial charge in [0.25, 0.3) is 0 Å². The standard InChI is InChI=1S/C21H17N5/c1-26-18-10-9-17-16(5-3-12-22-17)20(18)25-19(26)11-8-15-7-6-14-4-2-13-23-21(14)24-15/h2-7,9-10,12-13H,8,11H2,1H3. The summed E-state index contributed by atoms with van der Waals surface area (Å²) < 4.78 is 2.17. The maximum Gasteiger partial charge on any atom is 0.159 e. The molecule has 0 bridgehead atoms. The molecule has 0 unspecified atom stereocenters. The van der Waals surface area contributed by atoms with Crippen molar-refractivity contribution in [2.45, 2.75) is 12.8 Å². The van der Waals surface area contributed by atoms with Crippen molar-refractivity contribution in [2.24, 2.45) is 7.05 Å². The fourth-order valence-corrected chi connectivity index (χ4v) is 3.45. The summed E-state index contributed by atoms with van der Waals surface area (Å²) in [6.07, 6.45) is 5.26. The maximum absolute atomic E-state index is 4.90. The highest BCUT2D eigenvalue weighted by atomic mass is 15.1. The van der Waals surface area contributed by atoms with Gasteiger partial charge in [0, 0.05) is 42.3 Å². The molecule has 0 amide bonds. The summed E-state index contributed by atoms with van der Waals surface area (Å²) >= 11 is 0. The predicted octanol–water partition coefficient (Wildman–Crippen LogP) is 3.85. The number of pyridine rings is 3. The lowest BCUT2D eigenvalue weighted by Gasteiger charge is -2.04. The van der Waals surface area contributed by atoms with Gasteiger partial charge >= 0.3 is 0 Å². The molecule has 5 heteroatoms. The van der Waals surface area contributed by atoms with Crippen LogP contribution in [0.15, 0.2) is 60.9 Å². The van der Waals surface area contributed by atoms with Crippen LogP contribution in [-0.2, 0) is 19.9 Å². The molecule has 0 aliphatic carbocycles. The normalized spacial score (nSPS) is 11.6. The summed E-state index contributed by atoms with van der Waals surface area (Å²) in [5.74, 6) is 1.05. The highest BCUT2D eigenvalue weighted by molar-refractivity contribution is 6.02. The van der Waals surface area contributed by atoms with E-state index in [1.165, 1.54) is 0 Å². The van der Waals surface area contributed by atoms with Gasteiger partial charge in [-0.25, -0.2) is 15.0 Å². The molecule has 4 heterocycles. The first-order valence-electron chi connectivity index (χ1n) is 8.69. The van der Waals surface area contributed by atoms with Crippen LogP contribution in [0.4, 0.5) is 0 Å². The average molecular weight is 339 g/mol. The quantitative estimate of drug-likeness (QED) is 0.501. The van der Waals surface area contributed by atoms with Gasteiger partial charge in [-0.05, 0) is 55.0 Å². The summed E-state index contributed by atoms with van der Waals surface area (Å²) in [7, 11) is 2.07. The first-order chi connectivity index (χ1) is 12.8. The van der Waals surface area contributed by atoms with Gasteiger partial charge in [-0.3, -0.25) is 4.98 Å². The van der Waals surface area contributed by atoms with Gasteiger partial charge < -0.3 is 4.57 Å². The van der Waals surface area contributed by atoms with Gasteiger partial charge in [0.15, 0.2) is 5.65 Å². The zero-order chi connectivity index (χ0) is 17.5. The Bertz CT molecular complexity index is 1260. The third kappa shape index (κ3) is 2.40. The molecule has 0 radical (unpaired) electrons. The number of aryl methyl sites for hydroxylation is 3. The van der Waals surface area contributed by atoms with Crippen molar-refractivity contribution in [2.75, 3.05) is 0 Å². The average Bonchev–Trinajstić information content (AvgIpc) is 3.02. The Morgan fingerprint density at radius 1 is 0.846 bits per heavy atom. The summed E-state index contributed by atoms with van der Waals surface area (Å²) in [5, 5.41) is 2.16. The van der Waals surface area contributed by atoms with Crippen molar-refractivity contribution in [3.05, 3.63) is 72.4 Å². The van der Waals surface area contributed by atoms with Crippen LogP contribution in [0.1, 0.15) is 11.5 Å². The lowest BCUT2D eigenvalue weighted by Crippen LogP contribution is -2.02. The molecule has 1 aromatic carbocycles. The number of imidazole rings is 1. The van der Waals surface area contributed by atoms with Gasteiger partial charge in [-0.2, -0.15) is 0 Å². The monoisotopic (exact) mass is 339 g/mol. The topological polar surface area (TPSA) is 56.5 Å². The molecule has 4 aromatic heterocycles. The van der Waals surface area contributed by atoms with Crippen molar-refractivity contribution in [3.8, 4) is 0 Å². The van der Waals surface area contributed by atoms with Crippen molar-refractivity contribution < 1.29 is 0 Å². The second-order valence-corrected chi connectivity index (χ2v) is 6.44. The molecule has 0 aliphatic heterocycles. The SMILES string of the molecule is Cn1c(CCc2ccc3cccnc3n2)nc2c3cccnc3ccc21. The van der Waals surface area contributed by atoms with E-state index in [0.717, 1.165) is 57.3 Å². The van der Waals surface area contributed by atoms with Gasteiger partial charge in [0.1, 0.15) is 5.82 Å². The largest absolute Gasteiger partial charge is 0.331 e. The number of fused-ring (bicyclic) bond motifs is 4. The third-order valence-electron chi connectivity index (χ3n) is 4.85. The molecular formula is C21H17N5. The number of benzene rings is 1. The minimum atomic E-state index is 0.798. The fourth-order valence-electron chi connectivity index (χ4n) is 3.45. The molecule has 0 atom stereocenters. The summed E-state index contributed by atoms with van der Waals surface area (Å²) in [5.41, 5.74) is 4.96. The minimum Gasteiger partial charge on any atom is -0.331 e. The van der Waals surface area contributed by atoms with Crippen molar-refractivity contribution >= 4 is 33.0 Å². The zero-order valence-corrected chi connectivity index (χ0v) is 14.4. The Labute approximate surface area is 150 Å². The van der Waals surface area contributed by atoms with E-state index in [4.69, 9.17) is 4.98 Å². The number of hydrogen-bond acceptors (Lipinski definition) is 4. The maximum atomic E-state index is 4.90. The van der Waals surface area contributed by atoms with Crippen LogP contribution in [0.25, 0.3) is 33.0 Å². The Hall–Kier alpha value is -3.34. The molecule has 0 aliphatic rings. The number of rotatable bonds is 3. The number of nitrogens with zero attached hydrogens (tertiary/aromatic N) is 5. The molecule has 126 valence electrons. The second kappa shape index (κ2) is 5.88. The molecular weight excluding hydrogens is 322 g/mol. The highest BCUT2D eigenvalue weighted by Crippen LogP contribution is 2.24. The molecule has 5 rings (SSSR count). The summed E-state index contributed by atoms with van der Waals surface area (Å²) in [4.78, 5) is 18.3. The fraction of sp³-hybridized carbons (Fsp3) is 0.143. The van der Waals surface area contributed by atoms with E-state index in [-0.39, 0.29) is 0 Å². The summed E-state index contributed by atoms with van der Waals surface area (Å²) in [6, 6.07) is 16.3. The van der Waals surface area contributed by atoms with E-state index in [0.29, 0.717) is 0 Å². The molecule has 5 aromatic rings. The lowest BCUT2D eigenvalue weighted by atomic mass is 10.2. The molecule has 0 spiro atoms. The first-order valence-corrected chi connectivity index (χ1v) is 8.69. The van der Waals surface area contributed by atoms with Gasteiger partial charge in [0.05, 0.1) is 16.6 Å². The van der Waals surface area contributed by atoms with Crippen LogP contribution in [0, 0.1) is 0 Å². The lowest BCUT2D eigenvalue weighted by molar-refractivity contribution is 0.777. The smallest absolute Gasteiger partial charge is 0.159 e. The molecule has 26 heavy (non-hydrogen) atoms. The van der Waals surface area contributed by atoms with Crippen molar-refractivity contribution in [3.63, 3.8) is 0 Å². The van der Waals surface area contributed by atoms with Crippen LogP contribution in [0.5, 0.6) is 0 Å². The third-order valence-corrected chi connectivity index (χ3v) is 4.85. The van der Waals surface area contributed by atoms with E-state index in [1.54, 1.807) is 6.20 Å². The molecule has 5 nitrogen and oxygen atoms in total. The molecule has 0 fully saturated rings. The van der Waals surface area contributed by atoms with E-state index < -0.39 is 0 Å². The Morgan fingerprint density at radius 3 is 2.69 bits per heavy atom.